The van der Waals surface area contributed by atoms with Crippen LogP contribution in [0.4, 0.5) is 11.8 Å². The van der Waals surface area contributed by atoms with E-state index in [9.17, 15) is 5.11 Å². The lowest BCUT2D eigenvalue weighted by Crippen LogP contribution is -2.32. The summed E-state index contributed by atoms with van der Waals surface area (Å²) >= 11 is 1.83. The highest BCUT2D eigenvalue weighted by molar-refractivity contribution is 7.09. The van der Waals surface area contributed by atoms with Crippen LogP contribution in [-0.4, -0.2) is 65.3 Å². The molecular weight excluding hydrogens is 334 g/mol. The molecule has 0 spiro atoms. The van der Waals surface area contributed by atoms with Crippen molar-refractivity contribution in [2.75, 3.05) is 49.1 Å². The number of nitrogens with zero attached hydrogens (tertiary/aromatic N) is 5. The molecular formula is C18H25N5OS. The molecule has 4 rings (SSSR count). The summed E-state index contributed by atoms with van der Waals surface area (Å²) in [5, 5.41) is 11.9. The summed E-state index contributed by atoms with van der Waals surface area (Å²) in [7, 11) is 0. The summed E-state index contributed by atoms with van der Waals surface area (Å²) in [6.45, 7) is 6.68. The van der Waals surface area contributed by atoms with Gasteiger partial charge in [0.15, 0.2) is 0 Å². The molecule has 2 aromatic heterocycles. The maximum Gasteiger partial charge on any atom is 0.227 e. The zero-order chi connectivity index (χ0) is 17.1. The average Bonchev–Trinajstić information content (AvgIpc) is 3.23. The highest BCUT2D eigenvalue weighted by atomic mass is 32.1. The Morgan fingerprint density at radius 2 is 2.08 bits per heavy atom. The summed E-state index contributed by atoms with van der Waals surface area (Å²) in [5.74, 6) is 1.75. The first-order valence-corrected chi connectivity index (χ1v) is 9.91. The highest BCUT2D eigenvalue weighted by Crippen LogP contribution is 2.21. The van der Waals surface area contributed by atoms with E-state index in [4.69, 9.17) is 4.98 Å². The van der Waals surface area contributed by atoms with Crippen LogP contribution in [0.5, 0.6) is 0 Å². The standard InChI is InChI=1S/C18H25N5OS/c24-15-5-9-23(13-15)17-4-6-19-18(20-17)22-8-2-7-21(10-11-22)14-16-3-1-12-25-16/h1,3-4,6,12,15,24H,2,5,7-11,13-14H2. The number of thiophene rings is 1. The van der Waals surface area contributed by atoms with Crippen molar-refractivity contribution in [3.05, 3.63) is 34.7 Å². The molecule has 2 saturated heterocycles. The topological polar surface area (TPSA) is 55.7 Å². The number of anilines is 2. The molecule has 0 amide bonds. The molecule has 6 nitrogen and oxygen atoms in total. The first-order valence-electron chi connectivity index (χ1n) is 9.04. The van der Waals surface area contributed by atoms with Gasteiger partial charge in [-0.2, -0.15) is 4.98 Å². The second-order valence-corrected chi connectivity index (χ2v) is 7.83. The van der Waals surface area contributed by atoms with Crippen molar-refractivity contribution in [1.82, 2.24) is 14.9 Å². The second-order valence-electron chi connectivity index (χ2n) is 6.80. The van der Waals surface area contributed by atoms with Crippen LogP contribution in [0, 0.1) is 0 Å². The SMILES string of the molecule is OC1CCN(c2ccnc(N3CCCN(Cc4cccs4)CC3)n2)C1. The Hall–Kier alpha value is -1.70. The normalized spacial score (nSPS) is 22.4. The van der Waals surface area contributed by atoms with Crippen LogP contribution in [0.1, 0.15) is 17.7 Å². The van der Waals surface area contributed by atoms with Crippen molar-refractivity contribution < 1.29 is 5.11 Å². The van der Waals surface area contributed by atoms with Crippen LogP contribution in [0.3, 0.4) is 0 Å². The van der Waals surface area contributed by atoms with Gasteiger partial charge in [0.05, 0.1) is 6.10 Å². The number of hydrogen-bond donors (Lipinski definition) is 1. The van der Waals surface area contributed by atoms with E-state index in [0.717, 1.165) is 63.9 Å². The van der Waals surface area contributed by atoms with Crippen molar-refractivity contribution in [2.45, 2.75) is 25.5 Å². The monoisotopic (exact) mass is 359 g/mol. The van der Waals surface area contributed by atoms with Gasteiger partial charge in [-0.25, -0.2) is 4.98 Å². The maximum absolute atomic E-state index is 9.75. The van der Waals surface area contributed by atoms with Crippen LogP contribution in [0.15, 0.2) is 29.8 Å². The van der Waals surface area contributed by atoms with E-state index < -0.39 is 0 Å². The number of aliphatic hydroxyl groups excluding tert-OH is 1. The molecule has 1 N–H and O–H groups in total. The third kappa shape index (κ3) is 4.11. The Morgan fingerprint density at radius 3 is 2.88 bits per heavy atom. The van der Waals surface area contributed by atoms with E-state index in [-0.39, 0.29) is 6.10 Å². The van der Waals surface area contributed by atoms with E-state index >= 15 is 0 Å². The van der Waals surface area contributed by atoms with Crippen LogP contribution in [0.2, 0.25) is 0 Å². The Morgan fingerprint density at radius 1 is 1.12 bits per heavy atom. The van der Waals surface area contributed by atoms with Gasteiger partial charge in [-0.3, -0.25) is 4.90 Å². The predicted molar refractivity (Wildman–Crippen MR) is 101 cm³/mol. The van der Waals surface area contributed by atoms with Gasteiger partial charge in [0, 0.05) is 56.9 Å². The molecule has 2 aliphatic rings. The molecule has 2 fully saturated rings. The smallest absolute Gasteiger partial charge is 0.227 e. The third-order valence-electron chi connectivity index (χ3n) is 4.95. The highest BCUT2D eigenvalue weighted by Gasteiger charge is 2.23. The van der Waals surface area contributed by atoms with Gasteiger partial charge < -0.3 is 14.9 Å². The van der Waals surface area contributed by atoms with Gasteiger partial charge >= 0.3 is 0 Å². The fraction of sp³-hybridized carbons (Fsp3) is 0.556. The molecule has 2 aromatic rings. The number of rotatable bonds is 4. The first-order chi connectivity index (χ1) is 12.3. The van der Waals surface area contributed by atoms with Crippen molar-refractivity contribution in [3.63, 3.8) is 0 Å². The van der Waals surface area contributed by atoms with Crippen molar-refractivity contribution in [3.8, 4) is 0 Å². The van der Waals surface area contributed by atoms with Crippen molar-refractivity contribution in [2.24, 2.45) is 0 Å². The molecule has 4 heterocycles. The molecule has 7 heteroatoms. The van der Waals surface area contributed by atoms with Crippen LogP contribution < -0.4 is 9.80 Å². The molecule has 0 aliphatic carbocycles. The number of aromatic nitrogens is 2. The summed E-state index contributed by atoms with van der Waals surface area (Å²) in [6, 6.07) is 6.28. The maximum atomic E-state index is 9.75. The molecule has 0 bridgehead atoms. The van der Waals surface area contributed by atoms with Crippen molar-refractivity contribution >= 4 is 23.1 Å². The zero-order valence-electron chi connectivity index (χ0n) is 14.4. The first kappa shape index (κ1) is 16.8. The van der Waals surface area contributed by atoms with E-state index in [1.807, 2.05) is 23.6 Å². The zero-order valence-corrected chi connectivity index (χ0v) is 15.2. The predicted octanol–water partition coefficient (Wildman–Crippen LogP) is 1.82. The molecule has 0 saturated carbocycles. The van der Waals surface area contributed by atoms with Crippen molar-refractivity contribution in [1.29, 1.82) is 0 Å². The molecule has 1 atom stereocenters. The lowest BCUT2D eigenvalue weighted by atomic mass is 10.3. The Bertz CT molecular complexity index is 680. The number of aliphatic hydroxyl groups is 1. The summed E-state index contributed by atoms with van der Waals surface area (Å²) in [5.41, 5.74) is 0. The lowest BCUT2D eigenvalue weighted by Gasteiger charge is -2.23. The van der Waals surface area contributed by atoms with Gasteiger partial charge in [-0.05, 0) is 30.4 Å². The lowest BCUT2D eigenvalue weighted by molar-refractivity contribution is 0.198. The fourth-order valence-electron chi connectivity index (χ4n) is 3.57. The summed E-state index contributed by atoms with van der Waals surface area (Å²) in [4.78, 5) is 17.7. The van der Waals surface area contributed by atoms with E-state index in [0.29, 0.717) is 6.54 Å². The summed E-state index contributed by atoms with van der Waals surface area (Å²) in [6.07, 6.45) is 3.56. The van der Waals surface area contributed by atoms with Crippen LogP contribution in [0.25, 0.3) is 0 Å². The minimum atomic E-state index is -0.234. The third-order valence-corrected chi connectivity index (χ3v) is 5.81. The largest absolute Gasteiger partial charge is 0.391 e. The fourth-order valence-corrected chi connectivity index (χ4v) is 4.32. The molecule has 2 aliphatic heterocycles. The molecule has 1 unspecified atom stereocenters. The van der Waals surface area contributed by atoms with E-state index in [1.165, 1.54) is 4.88 Å². The molecule has 0 radical (unpaired) electrons. The Labute approximate surface area is 152 Å². The average molecular weight is 359 g/mol. The molecule has 134 valence electrons. The summed E-state index contributed by atoms with van der Waals surface area (Å²) < 4.78 is 0. The van der Waals surface area contributed by atoms with E-state index in [2.05, 4.69) is 37.2 Å². The van der Waals surface area contributed by atoms with Gasteiger partial charge in [0.1, 0.15) is 5.82 Å². The van der Waals surface area contributed by atoms with Gasteiger partial charge in [0.25, 0.3) is 0 Å². The number of β-amino-alcohol motifs (C(OH)–C–C–N with tert-alkyl or cyclic N) is 1. The molecule has 0 aromatic carbocycles. The van der Waals surface area contributed by atoms with Gasteiger partial charge in [-0.1, -0.05) is 6.07 Å². The second kappa shape index (κ2) is 7.68. The van der Waals surface area contributed by atoms with Crippen LogP contribution >= 0.6 is 11.3 Å². The quantitative estimate of drug-likeness (QED) is 0.899. The van der Waals surface area contributed by atoms with Gasteiger partial charge in [0.2, 0.25) is 5.95 Å². The molecule has 25 heavy (non-hydrogen) atoms. The van der Waals surface area contributed by atoms with Gasteiger partial charge in [-0.15, -0.1) is 11.3 Å². The minimum Gasteiger partial charge on any atom is -0.391 e. The van der Waals surface area contributed by atoms with E-state index in [1.54, 1.807) is 0 Å². The Kier molecular flexibility index (Phi) is 5.14. The Balaban J connectivity index is 1.40. The number of hydrogen-bond acceptors (Lipinski definition) is 7. The minimum absolute atomic E-state index is 0.234. The van der Waals surface area contributed by atoms with Crippen LogP contribution in [-0.2, 0) is 6.54 Å².